The molecule has 0 saturated carbocycles. The van der Waals surface area contributed by atoms with E-state index in [4.69, 9.17) is 0 Å². The van der Waals surface area contributed by atoms with Gasteiger partial charge in [-0.2, -0.15) is 0 Å². The molecule has 0 spiro atoms. The van der Waals surface area contributed by atoms with Crippen LogP contribution in [0.25, 0.3) is 0 Å². The molecule has 1 atom stereocenters. The molecule has 62 valence electrons. The van der Waals surface area contributed by atoms with Crippen LogP contribution < -0.4 is 5.32 Å². The highest BCUT2D eigenvalue weighted by Crippen LogP contribution is 2.01. The van der Waals surface area contributed by atoms with Crippen LogP contribution >= 0.6 is 0 Å². The molecule has 11 heavy (non-hydrogen) atoms. The summed E-state index contributed by atoms with van der Waals surface area (Å²) in [7, 11) is 1.28. The van der Waals surface area contributed by atoms with Gasteiger partial charge in [-0.1, -0.05) is 0 Å². The van der Waals surface area contributed by atoms with Crippen LogP contribution in [-0.4, -0.2) is 31.8 Å². The van der Waals surface area contributed by atoms with Crippen LogP contribution in [0.15, 0.2) is 0 Å². The zero-order chi connectivity index (χ0) is 8.27. The molecule has 0 aromatic heterocycles. The van der Waals surface area contributed by atoms with Gasteiger partial charge in [-0.3, -0.25) is 0 Å². The quantitative estimate of drug-likeness (QED) is 0.531. The van der Waals surface area contributed by atoms with Crippen LogP contribution in [0.1, 0.15) is 6.42 Å². The molecule has 0 aromatic rings. The fourth-order valence-electron chi connectivity index (χ4n) is 0.845. The topological polar surface area (TPSA) is 64.6 Å². The van der Waals surface area contributed by atoms with E-state index in [1.807, 2.05) is 0 Å². The lowest BCUT2D eigenvalue weighted by Gasteiger charge is -2.20. The molecule has 0 aliphatic carbocycles. The number of carbonyl (C=O) groups excluding carboxylic acids is 2. The number of rotatable bonds is 1. The first-order valence-electron chi connectivity index (χ1n) is 3.25. The number of hydrogen-bond acceptors (Lipinski definition) is 4. The van der Waals surface area contributed by atoms with Gasteiger partial charge < -0.3 is 14.8 Å². The third-order valence-electron chi connectivity index (χ3n) is 1.42. The lowest BCUT2D eigenvalue weighted by Crippen LogP contribution is -2.46. The van der Waals surface area contributed by atoms with Gasteiger partial charge in [-0.25, -0.2) is 9.59 Å². The fourth-order valence-corrected chi connectivity index (χ4v) is 0.845. The van der Waals surface area contributed by atoms with Crippen LogP contribution in [0, 0.1) is 0 Å². The summed E-state index contributed by atoms with van der Waals surface area (Å²) in [6.07, 6.45) is -0.0926. The van der Waals surface area contributed by atoms with Gasteiger partial charge in [0, 0.05) is 6.42 Å². The number of hydrogen-bond donors (Lipinski definition) is 1. The number of ether oxygens (including phenoxy) is 2. The van der Waals surface area contributed by atoms with Crippen molar-refractivity contribution in [1.29, 1.82) is 0 Å². The Kier molecular flexibility index (Phi) is 2.30. The first kappa shape index (κ1) is 7.84. The first-order chi connectivity index (χ1) is 5.24. The van der Waals surface area contributed by atoms with Crippen LogP contribution in [-0.2, 0) is 14.3 Å². The molecule has 5 heteroatoms. The van der Waals surface area contributed by atoms with E-state index in [2.05, 4.69) is 14.8 Å². The first-order valence-corrected chi connectivity index (χ1v) is 3.25. The molecule has 1 aliphatic rings. The average molecular weight is 159 g/mol. The van der Waals surface area contributed by atoms with Crippen LogP contribution in [0.3, 0.4) is 0 Å². The molecule has 1 N–H and O–H groups in total. The Hall–Kier alpha value is -1.26. The summed E-state index contributed by atoms with van der Waals surface area (Å²) in [6, 6.07) is -0.541. The molecule has 1 heterocycles. The van der Waals surface area contributed by atoms with E-state index >= 15 is 0 Å². The standard InChI is InChI=1S/C6H9NO4/c1-10-5(8)4-2-3-11-6(9)7-4/h4H,2-3H2,1H3,(H,7,9). The van der Waals surface area contributed by atoms with Crippen LogP contribution in [0.5, 0.6) is 0 Å². The molecule has 0 radical (unpaired) electrons. The zero-order valence-electron chi connectivity index (χ0n) is 6.12. The molecule has 1 rings (SSSR count). The van der Waals surface area contributed by atoms with Crippen molar-refractivity contribution in [2.24, 2.45) is 0 Å². The molecule has 1 saturated heterocycles. The molecule has 1 amide bonds. The van der Waals surface area contributed by atoms with Crippen molar-refractivity contribution in [3.63, 3.8) is 0 Å². The maximum atomic E-state index is 10.8. The van der Waals surface area contributed by atoms with Crippen molar-refractivity contribution >= 4 is 12.1 Å². The van der Waals surface area contributed by atoms with Crippen molar-refractivity contribution in [2.45, 2.75) is 12.5 Å². The minimum absolute atomic E-state index is 0.269. The van der Waals surface area contributed by atoms with Gasteiger partial charge in [0.2, 0.25) is 0 Å². The van der Waals surface area contributed by atoms with E-state index in [0.717, 1.165) is 0 Å². The van der Waals surface area contributed by atoms with E-state index in [1.54, 1.807) is 0 Å². The van der Waals surface area contributed by atoms with Gasteiger partial charge in [0.1, 0.15) is 6.04 Å². The van der Waals surface area contributed by atoms with Crippen molar-refractivity contribution in [3.8, 4) is 0 Å². The van der Waals surface area contributed by atoms with Gasteiger partial charge in [-0.05, 0) is 0 Å². The SMILES string of the molecule is COC(=O)C1CCOC(=O)N1. The maximum Gasteiger partial charge on any atom is 0.407 e. The van der Waals surface area contributed by atoms with Gasteiger partial charge >= 0.3 is 12.1 Å². The largest absolute Gasteiger partial charge is 0.467 e. The second kappa shape index (κ2) is 3.23. The van der Waals surface area contributed by atoms with Gasteiger partial charge in [-0.15, -0.1) is 0 Å². The number of nitrogens with one attached hydrogen (secondary N) is 1. The summed E-state index contributed by atoms with van der Waals surface area (Å²) in [5.41, 5.74) is 0. The highest BCUT2D eigenvalue weighted by Gasteiger charge is 2.25. The number of cyclic esters (lactones) is 1. The summed E-state index contributed by atoms with van der Waals surface area (Å²) in [5, 5.41) is 2.33. The number of amides is 1. The van der Waals surface area contributed by atoms with Gasteiger partial charge in [0.15, 0.2) is 0 Å². The average Bonchev–Trinajstić information content (AvgIpc) is 2.03. The van der Waals surface area contributed by atoms with Crippen molar-refractivity contribution in [1.82, 2.24) is 5.32 Å². The number of alkyl carbamates (subject to hydrolysis) is 1. The summed E-state index contributed by atoms with van der Waals surface area (Å²) in [5.74, 6) is -0.429. The molecule has 1 fully saturated rings. The lowest BCUT2D eigenvalue weighted by molar-refractivity contribution is -0.144. The summed E-state index contributed by atoms with van der Waals surface area (Å²) < 4.78 is 8.97. The van der Waals surface area contributed by atoms with Gasteiger partial charge in [0.25, 0.3) is 0 Å². The fraction of sp³-hybridized carbons (Fsp3) is 0.667. The highest BCUT2D eigenvalue weighted by molar-refractivity contribution is 5.82. The molecular weight excluding hydrogens is 150 g/mol. The van der Waals surface area contributed by atoms with Crippen molar-refractivity contribution in [2.75, 3.05) is 13.7 Å². The van der Waals surface area contributed by atoms with Gasteiger partial charge in [0.05, 0.1) is 13.7 Å². The third kappa shape index (κ3) is 1.83. The van der Waals surface area contributed by atoms with Crippen LogP contribution in [0.4, 0.5) is 4.79 Å². The molecule has 0 aromatic carbocycles. The summed E-state index contributed by atoms with van der Waals surface area (Å²) >= 11 is 0. The minimum atomic E-state index is -0.563. The third-order valence-corrected chi connectivity index (χ3v) is 1.42. The molecule has 1 unspecified atom stereocenters. The highest BCUT2D eigenvalue weighted by atomic mass is 16.6. The number of esters is 1. The Morgan fingerprint density at radius 3 is 3.09 bits per heavy atom. The smallest absolute Gasteiger partial charge is 0.407 e. The second-order valence-electron chi connectivity index (χ2n) is 2.14. The van der Waals surface area contributed by atoms with E-state index in [9.17, 15) is 9.59 Å². The normalized spacial score (nSPS) is 23.4. The van der Waals surface area contributed by atoms with Crippen molar-refractivity contribution < 1.29 is 19.1 Å². The van der Waals surface area contributed by atoms with Crippen molar-refractivity contribution in [3.05, 3.63) is 0 Å². The Labute approximate surface area is 63.7 Å². The predicted octanol–water partition coefficient (Wildman–Crippen LogP) is -0.342. The Bertz CT molecular complexity index is 179. The summed E-state index contributed by atoms with van der Waals surface area (Å²) in [4.78, 5) is 21.4. The summed E-state index contributed by atoms with van der Waals surface area (Å²) in [6.45, 7) is 0.269. The van der Waals surface area contributed by atoms with E-state index < -0.39 is 18.1 Å². The second-order valence-corrected chi connectivity index (χ2v) is 2.14. The maximum absolute atomic E-state index is 10.8. The van der Waals surface area contributed by atoms with E-state index in [-0.39, 0.29) is 6.61 Å². The monoisotopic (exact) mass is 159 g/mol. The van der Waals surface area contributed by atoms with Crippen LogP contribution in [0.2, 0.25) is 0 Å². The van der Waals surface area contributed by atoms with E-state index in [0.29, 0.717) is 6.42 Å². The predicted molar refractivity (Wildman–Crippen MR) is 34.9 cm³/mol. The Morgan fingerprint density at radius 1 is 1.82 bits per heavy atom. The number of methoxy groups -OCH3 is 1. The zero-order valence-corrected chi connectivity index (χ0v) is 6.12. The number of carbonyl (C=O) groups is 2. The Balaban J connectivity index is 2.45. The Morgan fingerprint density at radius 2 is 2.55 bits per heavy atom. The molecule has 1 aliphatic heterocycles. The molecule has 0 bridgehead atoms. The van der Waals surface area contributed by atoms with E-state index in [1.165, 1.54) is 7.11 Å². The lowest BCUT2D eigenvalue weighted by atomic mass is 10.2. The molecule has 5 nitrogen and oxygen atoms in total. The molecular formula is C6H9NO4. The minimum Gasteiger partial charge on any atom is -0.467 e.